The third-order valence-corrected chi connectivity index (χ3v) is 5.53. The Bertz CT molecular complexity index is 1200. The summed E-state index contributed by atoms with van der Waals surface area (Å²) in [4.78, 5) is 27.3. The molecule has 1 saturated heterocycles. The Morgan fingerprint density at radius 2 is 1.72 bits per heavy atom. The van der Waals surface area contributed by atoms with Gasteiger partial charge in [-0.3, -0.25) is 9.59 Å². The first-order chi connectivity index (χ1) is 15.4. The van der Waals surface area contributed by atoms with Crippen molar-refractivity contribution in [3.63, 3.8) is 0 Å². The van der Waals surface area contributed by atoms with Crippen LogP contribution in [0.5, 0.6) is 0 Å². The van der Waals surface area contributed by atoms with Crippen LogP contribution in [-0.4, -0.2) is 41.0 Å². The van der Waals surface area contributed by atoms with Gasteiger partial charge in [-0.05, 0) is 48.4 Å². The van der Waals surface area contributed by atoms with E-state index in [9.17, 15) is 19.1 Å². The van der Waals surface area contributed by atoms with Crippen LogP contribution in [0.25, 0.3) is 16.5 Å². The van der Waals surface area contributed by atoms with E-state index >= 15 is 0 Å². The molecule has 6 heteroatoms. The molecule has 5 nitrogen and oxygen atoms in total. The second-order valence-corrected chi connectivity index (χ2v) is 8.03. The number of halogens is 1. The van der Waals surface area contributed by atoms with E-state index in [1.54, 1.807) is 12.1 Å². The minimum Gasteiger partial charge on any atom is -0.507 e. The van der Waals surface area contributed by atoms with Gasteiger partial charge in [-0.2, -0.15) is 0 Å². The number of amides is 1. The molecule has 1 aliphatic heterocycles. The predicted molar refractivity (Wildman–Crippen MR) is 120 cm³/mol. The molecule has 0 saturated carbocycles. The van der Waals surface area contributed by atoms with Crippen LogP contribution >= 0.6 is 0 Å². The number of ether oxygens (including phenoxy) is 1. The van der Waals surface area contributed by atoms with E-state index in [4.69, 9.17) is 4.74 Å². The molecule has 1 aliphatic rings. The molecule has 3 aromatic rings. The number of carbonyl (C=O) groups is 2. The molecule has 0 radical (unpaired) electrons. The zero-order valence-electron chi connectivity index (χ0n) is 17.9. The lowest BCUT2D eigenvalue weighted by atomic mass is 9.94. The van der Waals surface area contributed by atoms with Gasteiger partial charge in [0.05, 0.1) is 24.3 Å². The maximum absolute atomic E-state index is 13.6. The molecule has 1 atom stereocenters. The van der Waals surface area contributed by atoms with Crippen LogP contribution in [0.2, 0.25) is 0 Å². The third-order valence-electron chi connectivity index (χ3n) is 5.53. The number of benzene rings is 3. The quantitative estimate of drug-likeness (QED) is 0.344. The summed E-state index contributed by atoms with van der Waals surface area (Å²) >= 11 is 0. The second-order valence-electron chi connectivity index (χ2n) is 8.03. The van der Waals surface area contributed by atoms with Crippen molar-refractivity contribution in [3.8, 4) is 0 Å². The fourth-order valence-electron chi connectivity index (χ4n) is 3.98. The van der Waals surface area contributed by atoms with E-state index in [2.05, 4.69) is 0 Å². The van der Waals surface area contributed by atoms with Crippen molar-refractivity contribution in [2.75, 3.05) is 13.2 Å². The molecule has 1 heterocycles. The highest BCUT2D eigenvalue weighted by Crippen LogP contribution is 2.39. The molecule has 0 aliphatic carbocycles. The molecular weight excluding hydrogens is 409 g/mol. The SMILES string of the molecule is CC(C)OCCN1C(=O)C(=O)/C(=C(\O)c2ccc3ccccc3c2)C1c1ccc(F)cc1. The Morgan fingerprint density at radius 1 is 1.03 bits per heavy atom. The lowest BCUT2D eigenvalue weighted by Gasteiger charge is -2.25. The van der Waals surface area contributed by atoms with Crippen LogP contribution < -0.4 is 0 Å². The summed E-state index contributed by atoms with van der Waals surface area (Å²) in [5.74, 6) is -2.16. The second kappa shape index (κ2) is 8.93. The van der Waals surface area contributed by atoms with Crippen LogP contribution in [-0.2, 0) is 14.3 Å². The van der Waals surface area contributed by atoms with E-state index in [0.29, 0.717) is 11.1 Å². The smallest absolute Gasteiger partial charge is 0.295 e. The number of aliphatic hydroxyl groups excluding tert-OH is 1. The number of rotatable bonds is 6. The zero-order chi connectivity index (χ0) is 22.8. The van der Waals surface area contributed by atoms with Crippen molar-refractivity contribution in [1.29, 1.82) is 0 Å². The van der Waals surface area contributed by atoms with Crippen molar-refractivity contribution in [1.82, 2.24) is 4.90 Å². The monoisotopic (exact) mass is 433 g/mol. The van der Waals surface area contributed by atoms with Gasteiger partial charge in [0.2, 0.25) is 0 Å². The number of Topliss-reactive ketones (excluding diaryl/α,β-unsaturated/α-hetero) is 1. The van der Waals surface area contributed by atoms with Crippen LogP contribution in [0.15, 0.2) is 72.3 Å². The Hall–Kier alpha value is -3.51. The molecule has 3 aromatic carbocycles. The van der Waals surface area contributed by atoms with Gasteiger partial charge in [-0.1, -0.05) is 48.5 Å². The summed E-state index contributed by atoms with van der Waals surface area (Å²) in [6.45, 7) is 4.16. The van der Waals surface area contributed by atoms with Gasteiger partial charge < -0.3 is 14.7 Å². The molecule has 1 fully saturated rings. The van der Waals surface area contributed by atoms with Gasteiger partial charge in [0, 0.05) is 12.1 Å². The minimum atomic E-state index is -0.835. The maximum atomic E-state index is 13.6. The topological polar surface area (TPSA) is 66.8 Å². The minimum absolute atomic E-state index is 0.0126. The Labute approximate surface area is 185 Å². The lowest BCUT2D eigenvalue weighted by Crippen LogP contribution is -2.33. The zero-order valence-corrected chi connectivity index (χ0v) is 17.9. The molecular formula is C26H24FNO4. The summed E-state index contributed by atoms with van der Waals surface area (Å²) in [7, 11) is 0. The summed E-state index contributed by atoms with van der Waals surface area (Å²) in [6, 6.07) is 17.8. The van der Waals surface area contributed by atoms with Gasteiger partial charge in [-0.25, -0.2) is 4.39 Å². The summed E-state index contributed by atoms with van der Waals surface area (Å²) < 4.78 is 19.1. The highest BCUT2D eigenvalue weighted by molar-refractivity contribution is 6.46. The number of ketones is 1. The first-order valence-corrected chi connectivity index (χ1v) is 10.5. The Kier molecular flexibility index (Phi) is 6.06. The number of carbonyl (C=O) groups excluding carboxylic acids is 2. The van der Waals surface area contributed by atoms with Crippen LogP contribution in [0.4, 0.5) is 4.39 Å². The average Bonchev–Trinajstić information content (AvgIpc) is 3.03. The first-order valence-electron chi connectivity index (χ1n) is 10.5. The molecule has 0 spiro atoms. The molecule has 1 amide bonds. The summed E-state index contributed by atoms with van der Waals surface area (Å²) in [6.07, 6.45) is -0.0336. The van der Waals surface area contributed by atoms with Gasteiger partial charge in [0.25, 0.3) is 11.7 Å². The van der Waals surface area contributed by atoms with Crippen LogP contribution in [0.1, 0.15) is 31.0 Å². The molecule has 164 valence electrons. The number of aliphatic hydroxyl groups is 1. The molecule has 32 heavy (non-hydrogen) atoms. The van der Waals surface area contributed by atoms with Gasteiger partial charge in [0.1, 0.15) is 11.6 Å². The lowest BCUT2D eigenvalue weighted by molar-refractivity contribution is -0.140. The van der Waals surface area contributed by atoms with Gasteiger partial charge in [-0.15, -0.1) is 0 Å². The average molecular weight is 433 g/mol. The highest BCUT2D eigenvalue weighted by Gasteiger charge is 2.45. The van der Waals surface area contributed by atoms with E-state index in [1.807, 2.05) is 44.2 Å². The normalized spacial score (nSPS) is 18.1. The fraction of sp³-hybridized carbons (Fsp3) is 0.231. The van der Waals surface area contributed by atoms with Crippen molar-refractivity contribution in [2.24, 2.45) is 0 Å². The fourth-order valence-corrected chi connectivity index (χ4v) is 3.98. The van der Waals surface area contributed by atoms with Gasteiger partial charge in [0.15, 0.2) is 0 Å². The van der Waals surface area contributed by atoms with E-state index in [0.717, 1.165) is 10.8 Å². The van der Waals surface area contributed by atoms with Crippen LogP contribution in [0.3, 0.4) is 0 Å². The molecule has 0 aromatic heterocycles. The predicted octanol–water partition coefficient (Wildman–Crippen LogP) is 4.83. The van der Waals surface area contributed by atoms with Crippen molar-refractivity contribution in [3.05, 3.63) is 89.2 Å². The van der Waals surface area contributed by atoms with E-state index in [-0.39, 0.29) is 30.6 Å². The number of likely N-dealkylation sites (tertiary alicyclic amines) is 1. The number of hydrogen-bond acceptors (Lipinski definition) is 4. The Balaban J connectivity index is 1.81. The number of hydrogen-bond donors (Lipinski definition) is 1. The number of fused-ring (bicyclic) bond motifs is 1. The largest absolute Gasteiger partial charge is 0.507 e. The van der Waals surface area contributed by atoms with Crippen molar-refractivity contribution >= 4 is 28.2 Å². The molecule has 0 bridgehead atoms. The van der Waals surface area contributed by atoms with E-state index in [1.165, 1.54) is 29.2 Å². The highest BCUT2D eigenvalue weighted by atomic mass is 19.1. The first kappa shape index (κ1) is 21.7. The van der Waals surface area contributed by atoms with Crippen LogP contribution in [0, 0.1) is 5.82 Å². The van der Waals surface area contributed by atoms with Crippen molar-refractivity contribution in [2.45, 2.75) is 26.0 Å². The molecule has 1 N–H and O–H groups in total. The third kappa shape index (κ3) is 4.14. The summed E-state index contributed by atoms with van der Waals surface area (Å²) in [5, 5.41) is 13.0. The van der Waals surface area contributed by atoms with Crippen molar-refractivity contribution < 1.29 is 23.8 Å². The number of nitrogens with zero attached hydrogens (tertiary/aromatic N) is 1. The Morgan fingerprint density at radius 3 is 2.41 bits per heavy atom. The standard InChI is InChI=1S/C26H24FNO4/c1-16(2)32-14-13-28-23(18-9-11-21(27)12-10-18)22(25(30)26(28)31)24(29)20-8-7-17-5-3-4-6-19(17)15-20/h3-12,15-16,23,29H,13-14H2,1-2H3/b24-22-. The van der Waals surface area contributed by atoms with Gasteiger partial charge >= 0.3 is 0 Å². The van der Waals surface area contributed by atoms with E-state index < -0.39 is 23.5 Å². The summed E-state index contributed by atoms with van der Waals surface area (Å²) in [5.41, 5.74) is 0.964. The molecule has 1 unspecified atom stereocenters. The maximum Gasteiger partial charge on any atom is 0.295 e. The molecule has 4 rings (SSSR count).